The topological polar surface area (TPSA) is 37.3 Å². The van der Waals surface area contributed by atoms with E-state index in [0.29, 0.717) is 6.42 Å². The van der Waals surface area contributed by atoms with Crippen molar-refractivity contribution in [1.29, 1.82) is 0 Å². The molecule has 22 heavy (non-hydrogen) atoms. The van der Waals surface area contributed by atoms with E-state index in [-0.39, 0.29) is 5.91 Å². The van der Waals surface area contributed by atoms with Gasteiger partial charge in [-0.05, 0) is 56.7 Å². The molecule has 0 saturated heterocycles. The number of nitrogens with zero attached hydrogens (tertiary/aromatic N) is 2. The molecule has 0 bridgehead atoms. The molecular formula is C18H25N3O. The van der Waals surface area contributed by atoms with Gasteiger partial charge in [0.05, 0.1) is 0 Å². The first kappa shape index (κ1) is 16.1. The van der Waals surface area contributed by atoms with Crippen LogP contribution in [-0.2, 0) is 18.3 Å². The molecule has 0 unspecified atom stereocenters. The lowest BCUT2D eigenvalue weighted by Gasteiger charge is -2.21. The molecular weight excluding hydrogens is 274 g/mol. The lowest BCUT2D eigenvalue weighted by molar-refractivity contribution is -0.116. The first-order chi connectivity index (χ1) is 10.6. The summed E-state index contributed by atoms with van der Waals surface area (Å²) in [7, 11) is 2.00. The molecule has 118 valence electrons. The maximum absolute atomic E-state index is 12.0. The quantitative estimate of drug-likeness (QED) is 0.850. The summed E-state index contributed by atoms with van der Waals surface area (Å²) in [5, 5.41) is 2.96. The van der Waals surface area contributed by atoms with Gasteiger partial charge in [0.2, 0.25) is 5.91 Å². The van der Waals surface area contributed by atoms with E-state index >= 15 is 0 Å². The zero-order chi connectivity index (χ0) is 15.9. The van der Waals surface area contributed by atoms with E-state index in [1.54, 1.807) is 0 Å². The maximum atomic E-state index is 12.0. The smallest absolute Gasteiger partial charge is 0.224 e. The third-order valence-corrected chi connectivity index (χ3v) is 3.94. The molecule has 1 aromatic heterocycles. The van der Waals surface area contributed by atoms with Crippen LogP contribution in [0.5, 0.6) is 0 Å². The third-order valence-electron chi connectivity index (χ3n) is 3.94. The molecule has 0 fully saturated rings. The second-order valence-corrected chi connectivity index (χ2v) is 5.38. The van der Waals surface area contributed by atoms with Crippen LogP contribution in [0.2, 0.25) is 0 Å². The highest BCUT2D eigenvalue weighted by molar-refractivity contribution is 5.91. The predicted octanol–water partition coefficient (Wildman–Crippen LogP) is 3.44. The van der Waals surface area contributed by atoms with Crippen LogP contribution >= 0.6 is 0 Å². The lowest BCUT2D eigenvalue weighted by atomic mass is 10.2. The number of benzene rings is 1. The van der Waals surface area contributed by atoms with Crippen LogP contribution in [0.25, 0.3) is 0 Å². The van der Waals surface area contributed by atoms with Gasteiger partial charge in [-0.1, -0.05) is 0 Å². The third kappa shape index (κ3) is 4.13. The highest BCUT2D eigenvalue weighted by Crippen LogP contribution is 2.18. The van der Waals surface area contributed by atoms with Gasteiger partial charge in [-0.3, -0.25) is 4.79 Å². The van der Waals surface area contributed by atoms with Gasteiger partial charge >= 0.3 is 0 Å². The van der Waals surface area contributed by atoms with E-state index in [0.717, 1.165) is 25.2 Å². The molecule has 0 atom stereocenters. The highest BCUT2D eigenvalue weighted by atomic mass is 16.1. The zero-order valence-corrected chi connectivity index (χ0v) is 13.7. The molecule has 0 aliphatic carbocycles. The molecule has 1 amide bonds. The molecule has 1 aromatic carbocycles. The number of hydrogen-bond donors (Lipinski definition) is 1. The molecule has 0 aliphatic heterocycles. The Labute approximate surface area is 132 Å². The summed E-state index contributed by atoms with van der Waals surface area (Å²) in [6, 6.07) is 12.1. The van der Waals surface area contributed by atoms with Crippen molar-refractivity contribution >= 4 is 17.3 Å². The number of aromatic nitrogens is 1. The number of rotatable bonds is 7. The number of carbonyl (C=O) groups is 1. The summed E-state index contributed by atoms with van der Waals surface area (Å²) >= 11 is 0. The van der Waals surface area contributed by atoms with Crippen LogP contribution in [0.15, 0.2) is 42.6 Å². The molecule has 0 aliphatic rings. The minimum Gasteiger partial charge on any atom is -0.372 e. The summed E-state index contributed by atoms with van der Waals surface area (Å²) in [4.78, 5) is 14.3. The first-order valence-electron chi connectivity index (χ1n) is 7.89. The molecule has 2 aromatic rings. The summed E-state index contributed by atoms with van der Waals surface area (Å²) < 4.78 is 2.05. The number of carbonyl (C=O) groups excluding carboxylic acids is 1. The number of anilines is 2. The minimum absolute atomic E-state index is 0.0526. The van der Waals surface area contributed by atoms with Gasteiger partial charge in [-0.2, -0.15) is 0 Å². The molecule has 1 N–H and O–H groups in total. The second-order valence-electron chi connectivity index (χ2n) is 5.38. The normalized spacial score (nSPS) is 10.5. The standard InChI is InChI=1S/C18H25N3O/c1-4-21(5-2)17-10-8-15(9-11-17)19-18(22)13-12-16-7-6-14-20(16)3/h6-11,14H,4-5,12-13H2,1-3H3,(H,19,22). The van der Waals surface area contributed by atoms with Crippen LogP contribution in [0.1, 0.15) is 26.0 Å². The van der Waals surface area contributed by atoms with Gasteiger partial charge in [-0.25, -0.2) is 0 Å². The molecule has 4 heteroatoms. The van der Waals surface area contributed by atoms with Crippen LogP contribution in [0.4, 0.5) is 11.4 Å². The van der Waals surface area contributed by atoms with Gasteiger partial charge in [0.25, 0.3) is 0 Å². The molecule has 0 spiro atoms. The average molecular weight is 299 g/mol. The van der Waals surface area contributed by atoms with Crippen molar-refractivity contribution in [2.45, 2.75) is 26.7 Å². The maximum Gasteiger partial charge on any atom is 0.224 e. The zero-order valence-electron chi connectivity index (χ0n) is 13.7. The molecule has 4 nitrogen and oxygen atoms in total. The summed E-state index contributed by atoms with van der Waals surface area (Å²) in [6.45, 7) is 6.25. The van der Waals surface area contributed by atoms with Gasteiger partial charge in [0, 0.05) is 49.8 Å². The van der Waals surface area contributed by atoms with Crippen molar-refractivity contribution in [3.63, 3.8) is 0 Å². The molecule has 1 heterocycles. The number of amides is 1. The van der Waals surface area contributed by atoms with Crippen LogP contribution in [0.3, 0.4) is 0 Å². The Balaban J connectivity index is 1.87. The van der Waals surface area contributed by atoms with Crippen LogP contribution in [0, 0.1) is 0 Å². The fraction of sp³-hybridized carbons (Fsp3) is 0.389. The van der Waals surface area contributed by atoms with E-state index in [4.69, 9.17) is 0 Å². The Bertz CT molecular complexity index is 597. The second kappa shape index (κ2) is 7.69. The molecule has 2 rings (SSSR count). The number of aryl methyl sites for hydroxylation is 2. The monoisotopic (exact) mass is 299 g/mol. The van der Waals surface area contributed by atoms with Crippen molar-refractivity contribution < 1.29 is 4.79 Å². The van der Waals surface area contributed by atoms with Crippen molar-refractivity contribution in [3.05, 3.63) is 48.3 Å². The Kier molecular flexibility index (Phi) is 5.64. The van der Waals surface area contributed by atoms with Crippen molar-refractivity contribution in [2.75, 3.05) is 23.3 Å². The Hall–Kier alpha value is -2.23. The average Bonchev–Trinajstić information content (AvgIpc) is 2.93. The van der Waals surface area contributed by atoms with E-state index in [1.807, 2.05) is 42.1 Å². The lowest BCUT2D eigenvalue weighted by Crippen LogP contribution is -2.21. The first-order valence-corrected chi connectivity index (χ1v) is 7.89. The van der Waals surface area contributed by atoms with Crippen LogP contribution < -0.4 is 10.2 Å². The minimum atomic E-state index is 0.0526. The fourth-order valence-electron chi connectivity index (χ4n) is 2.57. The predicted molar refractivity (Wildman–Crippen MR) is 92.4 cm³/mol. The highest BCUT2D eigenvalue weighted by Gasteiger charge is 2.06. The molecule has 0 radical (unpaired) electrons. The van der Waals surface area contributed by atoms with Gasteiger partial charge in [-0.15, -0.1) is 0 Å². The SMILES string of the molecule is CCN(CC)c1ccc(NC(=O)CCc2cccn2C)cc1. The largest absolute Gasteiger partial charge is 0.372 e. The van der Waals surface area contributed by atoms with E-state index in [1.165, 1.54) is 11.4 Å². The van der Waals surface area contributed by atoms with Gasteiger partial charge in [0.15, 0.2) is 0 Å². The fourth-order valence-corrected chi connectivity index (χ4v) is 2.57. The number of hydrogen-bond acceptors (Lipinski definition) is 2. The van der Waals surface area contributed by atoms with Gasteiger partial charge in [0.1, 0.15) is 0 Å². The van der Waals surface area contributed by atoms with E-state index in [9.17, 15) is 4.79 Å². The number of nitrogens with one attached hydrogen (secondary N) is 1. The summed E-state index contributed by atoms with van der Waals surface area (Å²) in [5.74, 6) is 0.0526. The Morgan fingerprint density at radius 1 is 1.14 bits per heavy atom. The van der Waals surface area contributed by atoms with Crippen LogP contribution in [-0.4, -0.2) is 23.6 Å². The van der Waals surface area contributed by atoms with E-state index in [2.05, 4.69) is 36.2 Å². The van der Waals surface area contributed by atoms with E-state index < -0.39 is 0 Å². The Morgan fingerprint density at radius 3 is 2.36 bits per heavy atom. The Morgan fingerprint density at radius 2 is 1.82 bits per heavy atom. The van der Waals surface area contributed by atoms with Gasteiger partial charge < -0.3 is 14.8 Å². The summed E-state index contributed by atoms with van der Waals surface area (Å²) in [5.41, 5.74) is 3.21. The van der Waals surface area contributed by atoms with Crippen molar-refractivity contribution in [3.8, 4) is 0 Å². The molecule has 0 saturated carbocycles. The summed E-state index contributed by atoms with van der Waals surface area (Å²) in [6.07, 6.45) is 3.25. The van der Waals surface area contributed by atoms with Crippen molar-refractivity contribution in [1.82, 2.24) is 4.57 Å². The van der Waals surface area contributed by atoms with Crippen molar-refractivity contribution in [2.24, 2.45) is 7.05 Å².